The first kappa shape index (κ1) is 29.5. The van der Waals surface area contributed by atoms with Crippen molar-refractivity contribution in [2.24, 2.45) is 0 Å². The van der Waals surface area contributed by atoms with Gasteiger partial charge in [0.25, 0.3) is 11.6 Å². The highest BCUT2D eigenvalue weighted by Gasteiger charge is 2.34. The van der Waals surface area contributed by atoms with E-state index in [0.717, 1.165) is 24.3 Å². The van der Waals surface area contributed by atoms with Gasteiger partial charge in [0.1, 0.15) is 5.75 Å². The Morgan fingerprint density at radius 3 is 2.22 bits per heavy atom. The second kappa shape index (κ2) is 11.5. The first-order valence-electron chi connectivity index (χ1n) is 11.8. The molecule has 218 valence electrons. The van der Waals surface area contributed by atoms with E-state index in [1.54, 1.807) is 4.90 Å². The number of hydrogen-bond donors (Lipinski definition) is 1. The maximum absolute atomic E-state index is 13.4. The van der Waals surface area contributed by atoms with Crippen molar-refractivity contribution >= 4 is 23.0 Å². The Labute approximate surface area is 228 Å². The normalized spacial score (nSPS) is 14.0. The largest absolute Gasteiger partial charge is 0.493 e. The van der Waals surface area contributed by atoms with Gasteiger partial charge >= 0.3 is 12.4 Å². The molecule has 1 heterocycles. The van der Waals surface area contributed by atoms with Crippen LogP contribution in [0.1, 0.15) is 21.5 Å². The summed E-state index contributed by atoms with van der Waals surface area (Å²) in [5, 5.41) is 13.6. The number of ether oxygens (including phenoxy) is 3. The van der Waals surface area contributed by atoms with Crippen LogP contribution in [0.4, 0.5) is 43.4 Å². The van der Waals surface area contributed by atoms with E-state index in [0.29, 0.717) is 44.1 Å². The molecule has 1 N–H and O–H groups in total. The number of nitrogens with one attached hydrogen (secondary N) is 1. The van der Waals surface area contributed by atoms with E-state index in [1.807, 2.05) is 0 Å². The van der Waals surface area contributed by atoms with Crippen LogP contribution in [0.2, 0.25) is 0 Å². The fourth-order valence-corrected chi connectivity index (χ4v) is 4.02. The molecular formula is C26H21F6N3O6. The van der Waals surface area contributed by atoms with Crippen LogP contribution in [-0.4, -0.2) is 44.2 Å². The molecule has 0 bridgehead atoms. The number of morpholine rings is 1. The summed E-state index contributed by atoms with van der Waals surface area (Å²) < 4.78 is 95.8. The summed E-state index contributed by atoms with van der Waals surface area (Å²) in [4.78, 5) is 25.0. The molecule has 1 aliphatic heterocycles. The summed E-state index contributed by atoms with van der Waals surface area (Å²) in [7, 11) is 1.18. The summed E-state index contributed by atoms with van der Waals surface area (Å²) >= 11 is 0. The maximum atomic E-state index is 13.4. The van der Waals surface area contributed by atoms with Crippen molar-refractivity contribution < 1.29 is 50.3 Å². The molecule has 0 radical (unpaired) electrons. The summed E-state index contributed by atoms with van der Waals surface area (Å²) in [5.41, 5.74) is -2.96. The van der Waals surface area contributed by atoms with E-state index in [1.165, 1.54) is 25.3 Å². The second-order valence-corrected chi connectivity index (χ2v) is 8.72. The van der Waals surface area contributed by atoms with Gasteiger partial charge < -0.3 is 24.4 Å². The monoisotopic (exact) mass is 585 g/mol. The van der Waals surface area contributed by atoms with E-state index in [-0.39, 0.29) is 22.7 Å². The molecule has 3 aromatic carbocycles. The number of nitro benzene ring substituents is 1. The smallest absolute Gasteiger partial charge is 0.416 e. The van der Waals surface area contributed by atoms with Crippen LogP contribution in [0, 0.1) is 10.1 Å². The van der Waals surface area contributed by atoms with Crippen molar-refractivity contribution in [1.82, 2.24) is 0 Å². The van der Waals surface area contributed by atoms with Crippen LogP contribution in [0.25, 0.3) is 0 Å². The minimum atomic E-state index is -4.89. The van der Waals surface area contributed by atoms with Gasteiger partial charge in [0.05, 0.1) is 53.8 Å². The van der Waals surface area contributed by atoms with Gasteiger partial charge in [0, 0.05) is 24.7 Å². The Morgan fingerprint density at radius 2 is 1.61 bits per heavy atom. The van der Waals surface area contributed by atoms with Crippen LogP contribution >= 0.6 is 0 Å². The predicted octanol–water partition coefficient (Wildman–Crippen LogP) is 6.52. The fourth-order valence-electron chi connectivity index (χ4n) is 4.02. The number of anilines is 2. The standard InChI is InChI=1S/C26H21F6N3O6/c1-39-23-10-15(2-5-22(23)41-19-12-17(26(30,31)32)11-18(14-19)35(37)38)24(36)33-20-13-16(25(27,28)29)3-4-21(20)34-6-8-40-9-7-34/h2-5,10-14H,6-9H2,1H3,(H,33,36). The number of rotatable bonds is 7. The Morgan fingerprint density at radius 1 is 0.927 bits per heavy atom. The molecule has 41 heavy (non-hydrogen) atoms. The van der Waals surface area contributed by atoms with Gasteiger partial charge in [0.2, 0.25) is 0 Å². The summed E-state index contributed by atoms with van der Waals surface area (Å²) in [6.45, 7) is 1.48. The quantitative estimate of drug-likeness (QED) is 0.191. The summed E-state index contributed by atoms with van der Waals surface area (Å²) in [6, 6.07) is 8.24. The van der Waals surface area contributed by atoms with Crippen molar-refractivity contribution in [1.29, 1.82) is 0 Å². The lowest BCUT2D eigenvalue weighted by Gasteiger charge is -2.31. The lowest BCUT2D eigenvalue weighted by molar-refractivity contribution is -0.385. The molecular weight excluding hydrogens is 564 g/mol. The van der Waals surface area contributed by atoms with Crippen LogP contribution in [0.5, 0.6) is 17.2 Å². The molecule has 0 aliphatic carbocycles. The molecule has 0 aromatic heterocycles. The van der Waals surface area contributed by atoms with E-state index in [9.17, 15) is 41.3 Å². The number of nitrogens with zero attached hydrogens (tertiary/aromatic N) is 2. The van der Waals surface area contributed by atoms with Crippen molar-refractivity contribution in [2.45, 2.75) is 12.4 Å². The zero-order valence-corrected chi connectivity index (χ0v) is 21.1. The SMILES string of the molecule is COc1cc(C(=O)Nc2cc(C(F)(F)F)ccc2N2CCOCC2)ccc1Oc1cc([N+](=O)[O-])cc(C(F)(F)F)c1. The van der Waals surface area contributed by atoms with Gasteiger partial charge in [-0.05, 0) is 42.5 Å². The minimum Gasteiger partial charge on any atom is -0.493 e. The number of nitro groups is 1. The molecule has 1 fully saturated rings. The van der Waals surface area contributed by atoms with Gasteiger partial charge in [-0.15, -0.1) is 0 Å². The third kappa shape index (κ3) is 6.98. The van der Waals surface area contributed by atoms with Gasteiger partial charge in [0.15, 0.2) is 11.5 Å². The van der Waals surface area contributed by atoms with E-state index in [4.69, 9.17) is 14.2 Å². The Hall–Kier alpha value is -4.53. The Bertz CT molecular complexity index is 1450. The maximum Gasteiger partial charge on any atom is 0.416 e. The number of benzene rings is 3. The molecule has 0 unspecified atom stereocenters. The first-order valence-corrected chi connectivity index (χ1v) is 11.8. The number of amides is 1. The molecule has 4 rings (SSSR count). The number of non-ortho nitro benzene ring substituents is 1. The predicted molar refractivity (Wildman–Crippen MR) is 134 cm³/mol. The lowest BCUT2D eigenvalue weighted by atomic mass is 10.1. The van der Waals surface area contributed by atoms with Crippen molar-refractivity contribution in [3.05, 3.63) is 81.4 Å². The number of methoxy groups -OCH3 is 1. The molecule has 15 heteroatoms. The van der Waals surface area contributed by atoms with Crippen molar-refractivity contribution in [2.75, 3.05) is 43.6 Å². The van der Waals surface area contributed by atoms with Crippen LogP contribution in [0.15, 0.2) is 54.6 Å². The zero-order chi connectivity index (χ0) is 29.9. The second-order valence-electron chi connectivity index (χ2n) is 8.72. The number of carbonyl (C=O) groups excluding carboxylic acids is 1. The average Bonchev–Trinajstić information content (AvgIpc) is 2.92. The number of hydrogen-bond acceptors (Lipinski definition) is 7. The number of alkyl halides is 6. The van der Waals surface area contributed by atoms with Crippen LogP contribution in [0.3, 0.4) is 0 Å². The molecule has 1 saturated heterocycles. The van der Waals surface area contributed by atoms with Gasteiger partial charge in [-0.25, -0.2) is 0 Å². The minimum absolute atomic E-state index is 0.0745. The molecule has 1 amide bonds. The summed E-state index contributed by atoms with van der Waals surface area (Å²) in [6.07, 6.45) is -9.55. The Balaban J connectivity index is 1.63. The fraction of sp³-hybridized carbons (Fsp3) is 0.269. The highest BCUT2D eigenvalue weighted by atomic mass is 19.4. The lowest BCUT2D eigenvalue weighted by Crippen LogP contribution is -2.36. The van der Waals surface area contributed by atoms with E-state index < -0.39 is 45.7 Å². The molecule has 1 aliphatic rings. The van der Waals surface area contributed by atoms with Gasteiger partial charge in [-0.2, -0.15) is 26.3 Å². The van der Waals surface area contributed by atoms with Crippen molar-refractivity contribution in [3.63, 3.8) is 0 Å². The third-order valence-electron chi connectivity index (χ3n) is 6.01. The first-order chi connectivity index (χ1) is 19.3. The zero-order valence-electron chi connectivity index (χ0n) is 21.1. The van der Waals surface area contributed by atoms with Crippen LogP contribution in [-0.2, 0) is 17.1 Å². The van der Waals surface area contributed by atoms with Gasteiger partial charge in [-0.3, -0.25) is 14.9 Å². The average molecular weight is 585 g/mol. The molecule has 9 nitrogen and oxygen atoms in total. The topological polar surface area (TPSA) is 103 Å². The van der Waals surface area contributed by atoms with Crippen LogP contribution < -0.4 is 19.7 Å². The van der Waals surface area contributed by atoms with E-state index in [2.05, 4.69) is 5.32 Å². The molecule has 0 spiro atoms. The molecule has 3 aromatic rings. The van der Waals surface area contributed by atoms with Gasteiger partial charge in [-0.1, -0.05) is 0 Å². The number of halogens is 6. The Kier molecular flexibility index (Phi) is 8.28. The van der Waals surface area contributed by atoms with Crippen molar-refractivity contribution in [3.8, 4) is 17.2 Å². The number of carbonyl (C=O) groups is 1. The third-order valence-corrected chi connectivity index (χ3v) is 6.01. The summed E-state index contributed by atoms with van der Waals surface area (Å²) in [5.74, 6) is -1.62. The van der Waals surface area contributed by atoms with E-state index >= 15 is 0 Å². The molecule has 0 saturated carbocycles. The highest BCUT2D eigenvalue weighted by Crippen LogP contribution is 2.39. The highest BCUT2D eigenvalue weighted by molar-refractivity contribution is 6.06. The molecule has 0 atom stereocenters.